The van der Waals surface area contributed by atoms with Crippen molar-refractivity contribution in [1.29, 1.82) is 0 Å². The van der Waals surface area contributed by atoms with Crippen molar-refractivity contribution in [2.45, 2.75) is 13.5 Å². The number of ether oxygens (including phenoxy) is 1. The number of carbonyl (C=O) groups excluding carboxylic acids is 1. The topological polar surface area (TPSA) is 174 Å². The molecule has 0 radical (unpaired) electrons. The third-order valence-corrected chi connectivity index (χ3v) is 3.79. The maximum Gasteiger partial charge on any atom is 1.00 e. The number of aromatic nitrogens is 1. The minimum absolute atomic E-state index is 0. The predicted molar refractivity (Wildman–Crippen MR) is 105 cm³/mol. The van der Waals surface area contributed by atoms with E-state index in [4.69, 9.17) is 10.5 Å². The van der Waals surface area contributed by atoms with Crippen LogP contribution < -0.4 is 89.9 Å². The summed E-state index contributed by atoms with van der Waals surface area (Å²) in [5.41, 5.74) is 8.81. The molecular weight excluding hydrogens is 467 g/mol. The van der Waals surface area contributed by atoms with E-state index in [2.05, 4.69) is 37.6 Å². The summed E-state index contributed by atoms with van der Waals surface area (Å²) in [6.45, 7) is 1.21. The summed E-state index contributed by atoms with van der Waals surface area (Å²) >= 11 is 4.62. The third kappa shape index (κ3) is 10.9. The van der Waals surface area contributed by atoms with Crippen molar-refractivity contribution in [2.75, 3.05) is 5.32 Å². The first kappa shape index (κ1) is 29.9. The number of anilines is 1. The first-order valence-corrected chi connectivity index (χ1v) is 9.80. The number of pyridine rings is 1. The Kier molecular flexibility index (Phi) is 13.7. The number of para-hydroxylation sites is 1. The SMILES string of the molecule is Cc1cccc(COC(=O)Nc2cccnc2C=NNC(N)=S)c1OP(=O)([O-])[O-].[Na+].[Na+]. The standard InChI is InChI=1S/C16H18N5O6PS.2Na/c1-10-4-2-5-11(14(10)27-28(23,24)25)9-26-16(22)20-12-6-3-7-18-13(12)8-19-21-15(17)29;;/h2-8H,9H2,1H3,(H,20,22)(H3,17,21,29)(H2,23,24,25);;/q;2*+1/p-2. The van der Waals surface area contributed by atoms with Crippen LogP contribution in [0.5, 0.6) is 5.75 Å². The quantitative estimate of drug-likeness (QED) is 0.113. The molecule has 2 aromatic rings. The van der Waals surface area contributed by atoms with Crippen LogP contribution >= 0.6 is 20.0 Å². The molecular formula is C16H16N5Na2O6PS. The number of aryl methyl sites for hydroxylation is 1. The van der Waals surface area contributed by atoms with Gasteiger partial charge in [-0.15, -0.1) is 0 Å². The number of carbonyl (C=O) groups is 1. The Morgan fingerprint density at radius 2 is 2.03 bits per heavy atom. The Balaban J connectivity index is 0.00000450. The van der Waals surface area contributed by atoms with Crippen molar-refractivity contribution < 1.29 is 87.5 Å². The summed E-state index contributed by atoms with van der Waals surface area (Å²) in [6.07, 6.45) is 1.93. The van der Waals surface area contributed by atoms with Gasteiger partial charge in [0.25, 0.3) is 0 Å². The summed E-state index contributed by atoms with van der Waals surface area (Å²) in [5.74, 6) is -0.174. The molecule has 0 saturated heterocycles. The zero-order chi connectivity index (χ0) is 21.4. The van der Waals surface area contributed by atoms with E-state index in [1.165, 1.54) is 18.5 Å². The average Bonchev–Trinajstić information content (AvgIpc) is 2.62. The molecule has 31 heavy (non-hydrogen) atoms. The van der Waals surface area contributed by atoms with E-state index in [0.29, 0.717) is 11.3 Å². The van der Waals surface area contributed by atoms with E-state index in [1.807, 2.05) is 0 Å². The molecule has 15 heteroatoms. The largest absolute Gasteiger partial charge is 1.00 e. The zero-order valence-corrected chi connectivity index (χ0v) is 22.7. The summed E-state index contributed by atoms with van der Waals surface area (Å²) in [4.78, 5) is 38.0. The summed E-state index contributed by atoms with van der Waals surface area (Å²) in [6, 6.07) is 7.76. The van der Waals surface area contributed by atoms with E-state index in [1.54, 1.807) is 31.2 Å². The van der Waals surface area contributed by atoms with Crippen molar-refractivity contribution in [3.63, 3.8) is 0 Å². The van der Waals surface area contributed by atoms with Crippen molar-refractivity contribution in [1.82, 2.24) is 10.4 Å². The Hall–Kier alpha value is -1.05. The van der Waals surface area contributed by atoms with Gasteiger partial charge in [-0.2, -0.15) is 5.10 Å². The molecule has 0 bridgehead atoms. The molecule has 0 aliphatic carbocycles. The van der Waals surface area contributed by atoms with Gasteiger partial charge < -0.3 is 29.3 Å². The van der Waals surface area contributed by atoms with Crippen LogP contribution in [0.2, 0.25) is 0 Å². The van der Waals surface area contributed by atoms with Crippen LogP contribution in [0.1, 0.15) is 16.8 Å². The number of phosphoric ester groups is 1. The van der Waals surface area contributed by atoms with Gasteiger partial charge in [0.15, 0.2) is 5.11 Å². The fourth-order valence-electron chi connectivity index (χ4n) is 2.14. The molecule has 1 aromatic heterocycles. The second kappa shape index (κ2) is 14.2. The Labute approximate surface area is 228 Å². The van der Waals surface area contributed by atoms with Crippen LogP contribution in [0.15, 0.2) is 41.6 Å². The van der Waals surface area contributed by atoms with Gasteiger partial charge in [0.05, 0.1) is 11.9 Å². The van der Waals surface area contributed by atoms with Crippen LogP contribution in [0, 0.1) is 6.92 Å². The number of rotatable bonds is 7. The Morgan fingerprint density at radius 1 is 1.32 bits per heavy atom. The third-order valence-electron chi connectivity index (χ3n) is 3.29. The number of benzene rings is 1. The number of nitrogens with zero attached hydrogens (tertiary/aromatic N) is 2. The molecule has 1 amide bonds. The molecule has 0 unspecified atom stereocenters. The Morgan fingerprint density at radius 3 is 2.68 bits per heavy atom. The second-order valence-corrected chi connectivity index (χ2v) is 6.99. The van der Waals surface area contributed by atoms with Crippen molar-refractivity contribution in [3.8, 4) is 5.75 Å². The molecule has 2 rings (SSSR count). The number of nitrogens with two attached hydrogens (primary N) is 1. The van der Waals surface area contributed by atoms with Crippen molar-refractivity contribution >= 4 is 43.1 Å². The van der Waals surface area contributed by atoms with Gasteiger partial charge in [-0.25, -0.2) is 4.79 Å². The van der Waals surface area contributed by atoms with Gasteiger partial charge in [-0.1, -0.05) is 18.2 Å². The summed E-state index contributed by atoms with van der Waals surface area (Å²) < 4.78 is 20.5. The first-order chi connectivity index (χ1) is 13.7. The van der Waals surface area contributed by atoms with Gasteiger partial charge in [0, 0.05) is 11.8 Å². The second-order valence-electron chi connectivity index (χ2n) is 5.47. The normalized spacial score (nSPS) is 10.4. The minimum atomic E-state index is -5.27. The van der Waals surface area contributed by atoms with Crippen LogP contribution in [0.3, 0.4) is 0 Å². The van der Waals surface area contributed by atoms with E-state index in [0.717, 1.165) is 0 Å². The average molecular weight is 483 g/mol. The number of hydrogen-bond acceptors (Lipinski definition) is 9. The van der Waals surface area contributed by atoms with E-state index in [9.17, 15) is 19.1 Å². The van der Waals surface area contributed by atoms with Gasteiger partial charge >= 0.3 is 65.2 Å². The molecule has 154 valence electrons. The number of hydrazone groups is 1. The molecule has 0 spiro atoms. The van der Waals surface area contributed by atoms with Crippen LogP contribution in [0.4, 0.5) is 10.5 Å². The molecule has 1 heterocycles. The first-order valence-electron chi connectivity index (χ1n) is 7.93. The number of nitrogens with one attached hydrogen (secondary N) is 2. The maximum atomic E-state index is 12.1. The number of hydrogen-bond donors (Lipinski definition) is 3. The maximum absolute atomic E-state index is 12.1. The molecule has 0 aliphatic rings. The molecule has 11 nitrogen and oxygen atoms in total. The summed E-state index contributed by atoms with van der Waals surface area (Å²) in [7, 11) is -5.27. The van der Waals surface area contributed by atoms with Gasteiger partial charge in [0.1, 0.15) is 25.9 Å². The Bertz CT molecular complexity index is 991. The molecule has 0 saturated carbocycles. The van der Waals surface area contributed by atoms with Crippen molar-refractivity contribution in [3.05, 3.63) is 53.3 Å². The van der Waals surface area contributed by atoms with E-state index < -0.39 is 13.9 Å². The number of thiocarbonyl (C=S) groups is 1. The van der Waals surface area contributed by atoms with E-state index >= 15 is 0 Å². The smallest absolute Gasteiger partial charge is 0.780 e. The fourth-order valence-corrected chi connectivity index (χ4v) is 2.68. The van der Waals surface area contributed by atoms with Crippen LogP contribution in [0.25, 0.3) is 0 Å². The van der Waals surface area contributed by atoms with Crippen LogP contribution in [-0.4, -0.2) is 22.4 Å². The van der Waals surface area contributed by atoms with E-state index in [-0.39, 0.29) is 87.8 Å². The van der Waals surface area contributed by atoms with Gasteiger partial charge in [0.2, 0.25) is 0 Å². The number of amides is 1. The molecule has 0 aliphatic heterocycles. The molecule has 4 N–H and O–H groups in total. The van der Waals surface area contributed by atoms with Gasteiger partial charge in [-0.05, 0) is 36.8 Å². The monoisotopic (exact) mass is 483 g/mol. The van der Waals surface area contributed by atoms with Gasteiger partial charge in [-0.3, -0.25) is 15.7 Å². The zero-order valence-electron chi connectivity index (χ0n) is 17.0. The summed E-state index contributed by atoms with van der Waals surface area (Å²) in [5, 5.41) is 6.20. The molecule has 1 aromatic carbocycles. The van der Waals surface area contributed by atoms with Crippen molar-refractivity contribution in [2.24, 2.45) is 10.8 Å². The minimum Gasteiger partial charge on any atom is -0.780 e. The molecule has 0 fully saturated rings. The van der Waals surface area contributed by atoms with Crippen LogP contribution in [-0.2, 0) is 15.9 Å². The fraction of sp³-hybridized carbons (Fsp3) is 0.125. The predicted octanol–water partition coefficient (Wildman–Crippen LogP) is -5.48. The number of phosphoric acid groups is 1. The molecule has 0 atom stereocenters.